The Morgan fingerprint density at radius 1 is 0.232 bits per heavy atom. The van der Waals surface area contributed by atoms with E-state index in [-0.39, 0.29) is 0 Å². The van der Waals surface area contributed by atoms with E-state index < -0.39 is 0 Å². The number of likely N-dealkylation sites (N-methyl/N-ethyl adjacent to an activating group) is 1. The molecular formula is C77H147N5. The van der Waals surface area contributed by atoms with Crippen molar-refractivity contribution < 1.29 is 0 Å². The van der Waals surface area contributed by atoms with E-state index in [1.165, 1.54) is 368 Å². The molecule has 0 unspecified atom stereocenters. The van der Waals surface area contributed by atoms with Crippen molar-refractivity contribution in [1.82, 2.24) is 24.5 Å². The largest absolute Gasteiger partial charge is 0.305 e. The summed E-state index contributed by atoms with van der Waals surface area (Å²) in [7, 11) is 2.37. The predicted molar refractivity (Wildman–Crippen MR) is 373 cm³/mol. The molecule has 0 amide bonds. The van der Waals surface area contributed by atoms with Crippen molar-refractivity contribution in [3.8, 4) is 0 Å². The highest BCUT2D eigenvalue weighted by Gasteiger charge is 2.18. The average Bonchev–Trinajstić information content (AvgIpc) is 3.49. The fraction of sp³-hybridized carbons (Fsp3) is 0.844. The SMILES string of the molecule is CCCCC/C=C\C/C=C\CCCCCCCCN(CCCCCCCC/C=C\C/C=C\CCCCC)CCN(CCCCCCCC/C=C\C/C=C\CCCCC)CCN1CCN(CCN(C)CCCCCCCCCCCC)CC1. The van der Waals surface area contributed by atoms with Crippen LogP contribution in [0.3, 0.4) is 0 Å². The summed E-state index contributed by atoms with van der Waals surface area (Å²) < 4.78 is 0. The first-order valence-corrected chi connectivity index (χ1v) is 37.1. The van der Waals surface area contributed by atoms with E-state index in [0.29, 0.717) is 0 Å². The number of unbranched alkanes of at least 4 members (excludes halogenated alkanes) is 36. The van der Waals surface area contributed by atoms with Crippen molar-refractivity contribution in [2.24, 2.45) is 0 Å². The molecule has 0 spiro atoms. The maximum Gasteiger partial charge on any atom is 0.0110 e. The van der Waals surface area contributed by atoms with Crippen molar-refractivity contribution >= 4 is 0 Å². The van der Waals surface area contributed by atoms with Gasteiger partial charge in [0, 0.05) is 65.4 Å². The smallest absolute Gasteiger partial charge is 0.0110 e. The molecule has 0 aromatic rings. The third-order valence-corrected chi connectivity index (χ3v) is 17.6. The Bertz CT molecular complexity index is 1360. The summed E-state index contributed by atoms with van der Waals surface area (Å²) in [6, 6.07) is 0. The zero-order valence-corrected chi connectivity index (χ0v) is 56.6. The van der Waals surface area contributed by atoms with Crippen LogP contribution in [0, 0.1) is 0 Å². The van der Waals surface area contributed by atoms with Crippen molar-refractivity contribution in [2.75, 3.05) is 98.7 Å². The molecular weight excluding hydrogens is 995 g/mol. The summed E-state index contributed by atoms with van der Waals surface area (Å²) >= 11 is 0. The summed E-state index contributed by atoms with van der Waals surface area (Å²) in [6.07, 6.45) is 90.9. The molecule has 480 valence electrons. The van der Waals surface area contributed by atoms with Gasteiger partial charge < -0.3 is 14.7 Å². The molecule has 82 heavy (non-hydrogen) atoms. The fourth-order valence-corrected chi connectivity index (χ4v) is 11.7. The minimum Gasteiger partial charge on any atom is -0.305 e. The molecule has 1 aliphatic rings. The first-order valence-electron chi connectivity index (χ1n) is 37.1. The van der Waals surface area contributed by atoms with Gasteiger partial charge >= 0.3 is 0 Å². The lowest BCUT2D eigenvalue weighted by Crippen LogP contribution is -2.50. The Labute approximate surface area is 516 Å². The number of hydrogen-bond donors (Lipinski definition) is 0. The Hall–Kier alpha value is -1.76. The number of piperazine rings is 1. The van der Waals surface area contributed by atoms with Gasteiger partial charge in [0.2, 0.25) is 0 Å². The normalized spacial score (nSPS) is 14.2. The van der Waals surface area contributed by atoms with Gasteiger partial charge in [-0.1, -0.05) is 274 Å². The quantitative estimate of drug-likeness (QED) is 0.0444. The van der Waals surface area contributed by atoms with Crippen molar-refractivity contribution in [1.29, 1.82) is 0 Å². The van der Waals surface area contributed by atoms with Crippen molar-refractivity contribution in [3.63, 3.8) is 0 Å². The molecule has 0 N–H and O–H groups in total. The maximum atomic E-state index is 2.91. The number of nitrogens with zero attached hydrogens (tertiary/aromatic N) is 5. The van der Waals surface area contributed by atoms with Crippen LogP contribution in [0.4, 0.5) is 0 Å². The summed E-state index contributed by atoms with van der Waals surface area (Å²) in [5, 5.41) is 0. The molecule has 0 aromatic carbocycles. The third-order valence-electron chi connectivity index (χ3n) is 17.6. The number of rotatable bonds is 65. The zero-order chi connectivity index (χ0) is 58.8. The Morgan fingerprint density at radius 3 is 0.780 bits per heavy atom. The summed E-state index contributed by atoms with van der Waals surface area (Å²) in [5.41, 5.74) is 0. The topological polar surface area (TPSA) is 16.2 Å². The molecule has 0 saturated carbocycles. The van der Waals surface area contributed by atoms with Gasteiger partial charge in [0.25, 0.3) is 0 Å². The van der Waals surface area contributed by atoms with Crippen molar-refractivity contribution in [2.45, 2.75) is 323 Å². The third kappa shape index (κ3) is 58.6. The van der Waals surface area contributed by atoms with E-state index in [4.69, 9.17) is 0 Å². The first-order chi connectivity index (χ1) is 40.6. The van der Waals surface area contributed by atoms with Crippen LogP contribution in [-0.4, -0.2) is 123 Å². The molecule has 1 saturated heterocycles. The second-order valence-electron chi connectivity index (χ2n) is 25.6. The van der Waals surface area contributed by atoms with Crippen LogP contribution in [0.15, 0.2) is 72.9 Å². The van der Waals surface area contributed by atoms with Gasteiger partial charge in [-0.2, -0.15) is 0 Å². The lowest BCUT2D eigenvalue weighted by Gasteiger charge is -2.36. The molecule has 1 rings (SSSR count). The minimum absolute atomic E-state index is 1.11. The van der Waals surface area contributed by atoms with E-state index in [9.17, 15) is 0 Å². The molecule has 1 heterocycles. The molecule has 0 aliphatic carbocycles. The summed E-state index contributed by atoms with van der Waals surface area (Å²) in [6.45, 7) is 26.8. The monoisotopic (exact) mass is 1140 g/mol. The van der Waals surface area contributed by atoms with Crippen LogP contribution in [0.2, 0.25) is 0 Å². The van der Waals surface area contributed by atoms with Crippen molar-refractivity contribution in [3.05, 3.63) is 72.9 Å². The molecule has 5 nitrogen and oxygen atoms in total. The number of hydrogen-bond acceptors (Lipinski definition) is 5. The van der Waals surface area contributed by atoms with Crippen LogP contribution in [0.25, 0.3) is 0 Å². The molecule has 1 fully saturated rings. The molecule has 0 radical (unpaired) electrons. The highest BCUT2D eigenvalue weighted by molar-refractivity contribution is 4.94. The number of allylic oxidation sites excluding steroid dienone is 12. The second-order valence-corrected chi connectivity index (χ2v) is 25.6. The van der Waals surface area contributed by atoms with Gasteiger partial charge in [0.05, 0.1) is 0 Å². The van der Waals surface area contributed by atoms with Gasteiger partial charge in [-0.25, -0.2) is 0 Å². The van der Waals surface area contributed by atoms with E-state index in [0.717, 1.165) is 19.3 Å². The lowest BCUT2D eigenvalue weighted by molar-refractivity contribution is 0.107. The standard InChI is InChI=1S/C77H147N5/c1-6-10-14-18-22-26-30-33-36-39-42-45-49-53-57-61-65-79(66-62-58-54-50-46-43-40-37-34-31-27-23-19-15-11-7-2)70-71-80(67-63-59-55-51-47-44-41-38-35-32-28-24-20-16-12-8-3)72-73-82-76-74-81(75-77-82)69-68-78(5)64-60-56-52-48-29-25-21-17-13-9-4/h22-24,26-28,33-38H,6-21,25,29-32,39-77H2,1-5H3/b26-22-,27-23-,28-24-,36-33-,37-34-,38-35-. The Balaban J connectivity index is 2.68. The fourth-order valence-electron chi connectivity index (χ4n) is 11.7. The molecule has 1 aliphatic heterocycles. The molecule has 0 atom stereocenters. The van der Waals surface area contributed by atoms with Crippen LogP contribution >= 0.6 is 0 Å². The summed E-state index contributed by atoms with van der Waals surface area (Å²) in [4.78, 5) is 14.0. The summed E-state index contributed by atoms with van der Waals surface area (Å²) in [5.74, 6) is 0. The predicted octanol–water partition coefficient (Wildman–Crippen LogP) is 22.5. The van der Waals surface area contributed by atoms with Gasteiger partial charge in [-0.05, 0) is 155 Å². The highest BCUT2D eigenvalue weighted by Crippen LogP contribution is 2.15. The molecule has 5 heteroatoms. The van der Waals surface area contributed by atoms with Crippen LogP contribution < -0.4 is 0 Å². The van der Waals surface area contributed by atoms with Crippen LogP contribution in [-0.2, 0) is 0 Å². The minimum atomic E-state index is 1.11. The average molecular weight is 1140 g/mol. The Kier molecular flexibility index (Phi) is 63.7. The molecule has 0 aromatic heterocycles. The van der Waals surface area contributed by atoms with E-state index in [1.807, 2.05) is 0 Å². The van der Waals surface area contributed by atoms with E-state index >= 15 is 0 Å². The maximum absolute atomic E-state index is 2.91. The molecule has 0 bridgehead atoms. The van der Waals surface area contributed by atoms with Crippen LogP contribution in [0.5, 0.6) is 0 Å². The van der Waals surface area contributed by atoms with E-state index in [2.05, 4.69) is 132 Å². The van der Waals surface area contributed by atoms with Gasteiger partial charge in [0.1, 0.15) is 0 Å². The lowest BCUT2D eigenvalue weighted by atomic mass is 10.1. The van der Waals surface area contributed by atoms with Gasteiger partial charge in [-0.15, -0.1) is 0 Å². The van der Waals surface area contributed by atoms with E-state index in [1.54, 1.807) is 0 Å². The van der Waals surface area contributed by atoms with Gasteiger partial charge in [0.15, 0.2) is 0 Å². The van der Waals surface area contributed by atoms with Gasteiger partial charge in [-0.3, -0.25) is 9.80 Å². The second kappa shape index (κ2) is 66.8. The van der Waals surface area contributed by atoms with Crippen LogP contribution in [0.1, 0.15) is 323 Å². The zero-order valence-electron chi connectivity index (χ0n) is 56.6. The Morgan fingerprint density at radius 2 is 0.463 bits per heavy atom. The highest BCUT2D eigenvalue weighted by atomic mass is 15.3. The first kappa shape index (κ1) is 78.3.